The van der Waals surface area contributed by atoms with Crippen molar-refractivity contribution in [2.24, 2.45) is 0 Å². The lowest BCUT2D eigenvalue weighted by molar-refractivity contribution is 0.0263. The van der Waals surface area contributed by atoms with Crippen LogP contribution in [0.5, 0.6) is 0 Å². The number of amides is 1. The van der Waals surface area contributed by atoms with Crippen LogP contribution in [0.1, 0.15) is 48.0 Å². The third-order valence-corrected chi connectivity index (χ3v) is 3.70. The largest absolute Gasteiger partial charge is 0.444 e. The molecule has 0 atom stereocenters. The van der Waals surface area contributed by atoms with Gasteiger partial charge in [-0.1, -0.05) is 0 Å². The SMILES string of the molecule is CC(C)(C)Nc1cc(N2CCCN(C(=O)OC(C)(C)C)CC2)nc(N)n1. The van der Waals surface area contributed by atoms with E-state index in [0.29, 0.717) is 25.5 Å². The van der Waals surface area contributed by atoms with Crippen molar-refractivity contribution in [1.29, 1.82) is 0 Å². The van der Waals surface area contributed by atoms with Crippen molar-refractivity contribution in [3.05, 3.63) is 6.07 Å². The number of nitrogens with one attached hydrogen (secondary N) is 1. The number of hydrogen-bond acceptors (Lipinski definition) is 7. The zero-order chi connectivity index (χ0) is 19.5. The Kier molecular flexibility index (Phi) is 5.83. The first kappa shape index (κ1) is 20.1. The second-order valence-electron chi connectivity index (χ2n) is 8.65. The van der Waals surface area contributed by atoms with Gasteiger partial charge in [0.25, 0.3) is 0 Å². The van der Waals surface area contributed by atoms with Crippen LogP contribution in [-0.2, 0) is 4.74 Å². The van der Waals surface area contributed by atoms with Gasteiger partial charge >= 0.3 is 6.09 Å². The van der Waals surface area contributed by atoms with Crippen LogP contribution < -0.4 is 16.0 Å². The monoisotopic (exact) mass is 364 g/mol. The number of nitrogens with two attached hydrogens (primary N) is 1. The third kappa shape index (κ3) is 6.24. The van der Waals surface area contributed by atoms with E-state index in [1.165, 1.54) is 0 Å². The van der Waals surface area contributed by atoms with Gasteiger partial charge in [-0.15, -0.1) is 0 Å². The number of nitrogens with zero attached hydrogens (tertiary/aromatic N) is 4. The molecule has 0 aliphatic carbocycles. The molecule has 1 aromatic rings. The van der Waals surface area contributed by atoms with Crippen molar-refractivity contribution in [1.82, 2.24) is 14.9 Å². The number of aromatic nitrogens is 2. The quantitative estimate of drug-likeness (QED) is 0.833. The molecule has 1 fully saturated rings. The van der Waals surface area contributed by atoms with Gasteiger partial charge in [0.1, 0.15) is 17.2 Å². The maximum Gasteiger partial charge on any atom is 0.410 e. The Hall–Kier alpha value is -2.25. The second-order valence-corrected chi connectivity index (χ2v) is 8.65. The highest BCUT2D eigenvalue weighted by Crippen LogP contribution is 2.21. The Balaban J connectivity index is 2.08. The van der Waals surface area contributed by atoms with E-state index in [1.54, 1.807) is 4.90 Å². The van der Waals surface area contributed by atoms with Gasteiger partial charge < -0.3 is 25.6 Å². The Morgan fingerprint density at radius 2 is 1.81 bits per heavy atom. The molecular formula is C18H32N6O2. The van der Waals surface area contributed by atoms with Crippen molar-refractivity contribution in [2.75, 3.05) is 42.1 Å². The van der Waals surface area contributed by atoms with Crippen LogP contribution in [0.3, 0.4) is 0 Å². The summed E-state index contributed by atoms with van der Waals surface area (Å²) in [6, 6.07) is 1.91. The summed E-state index contributed by atoms with van der Waals surface area (Å²) in [6.07, 6.45) is 0.571. The van der Waals surface area contributed by atoms with Crippen molar-refractivity contribution in [3.8, 4) is 0 Å². The molecule has 146 valence electrons. The number of carbonyl (C=O) groups excluding carboxylic acids is 1. The summed E-state index contributed by atoms with van der Waals surface area (Å²) in [5.74, 6) is 1.71. The van der Waals surface area contributed by atoms with Gasteiger partial charge in [0.15, 0.2) is 0 Å². The van der Waals surface area contributed by atoms with Crippen LogP contribution in [0.25, 0.3) is 0 Å². The minimum absolute atomic E-state index is 0.121. The number of ether oxygens (including phenoxy) is 1. The molecule has 0 bridgehead atoms. The van der Waals surface area contributed by atoms with Crippen LogP contribution in [0.15, 0.2) is 6.07 Å². The summed E-state index contributed by atoms with van der Waals surface area (Å²) in [5.41, 5.74) is 5.29. The summed E-state index contributed by atoms with van der Waals surface area (Å²) in [5, 5.41) is 3.33. The summed E-state index contributed by atoms with van der Waals surface area (Å²) in [4.78, 5) is 24.8. The van der Waals surface area contributed by atoms with Crippen molar-refractivity contribution < 1.29 is 9.53 Å². The lowest BCUT2D eigenvalue weighted by atomic mass is 10.1. The molecule has 0 aromatic carbocycles. The number of anilines is 3. The smallest absolute Gasteiger partial charge is 0.410 e. The second kappa shape index (κ2) is 7.55. The number of nitrogen functional groups attached to an aromatic ring is 1. The molecule has 3 N–H and O–H groups in total. The molecule has 0 spiro atoms. The van der Waals surface area contributed by atoms with Gasteiger partial charge in [-0.05, 0) is 48.0 Å². The molecule has 0 radical (unpaired) electrons. The molecule has 8 nitrogen and oxygen atoms in total. The third-order valence-electron chi connectivity index (χ3n) is 3.70. The number of carbonyl (C=O) groups is 1. The minimum atomic E-state index is -0.488. The first-order valence-electron chi connectivity index (χ1n) is 9.08. The first-order valence-corrected chi connectivity index (χ1v) is 9.08. The van der Waals surface area contributed by atoms with E-state index < -0.39 is 5.60 Å². The van der Waals surface area contributed by atoms with E-state index in [0.717, 1.165) is 18.8 Å². The number of rotatable bonds is 2. The minimum Gasteiger partial charge on any atom is -0.444 e. The topological polar surface area (TPSA) is 96.6 Å². The highest BCUT2D eigenvalue weighted by molar-refractivity contribution is 5.68. The van der Waals surface area contributed by atoms with Crippen LogP contribution in [0, 0.1) is 0 Å². The molecular weight excluding hydrogens is 332 g/mol. The fraction of sp³-hybridized carbons (Fsp3) is 0.722. The van der Waals surface area contributed by atoms with E-state index in [1.807, 2.05) is 26.8 Å². The normalized spacial score (nSPS) is 16.2. The van der Waals surface area contributed by atoms with Crippen LogP contribution in [0.4, 0.5) is 22.4 Å². The van der Waals surface area contributed by atoms with Gasteiger partial charge in [-0.3, -0.25) is 0 Å². The summed E-state index contributed by atoms with van der Waals surface area (Å²) >= 11 is 0. The van der Waals surface area contributed by atoms with Gasteiger partial charge in [0.2, 0.25) is 5.95 Å². The van der Waals surface area contributed by atoms with Crippen molar-refractivity contribution >= 4 is 23.7 Å². The standard InChI is InChI=1S/C18H32N6O2/c1-17(2,3)22-13-12-14(21-15(19)20-13)23-8-7-9-24(11-10-23)16(25)26-18(4,5)6/h12H,7-11H2,1-6H3,(H3,19,20,21,22). The van der Waals surface area contributed by atoms with Gasteiger partial charge in [-0.25, -0.2) is 4.79 Å². The highest BCUT2D eigenvalue weighted by Gasteiger charge is 2.25. The molecule has 0 unspecified atom stereocenters. The molecule has 8 heteroatoms. The van der Waals surface area contributed by atoms with Gasteiger partial charge in [0.05, 0.1) is 0 Å². The summed E-state index contributed by atoms with van der Waals surface area (Å²) in [7, 11) is 0. The maximum atomic E-state index is 12.3. The Morgan fingerprint density at radius 1 is 1.12 bits per heavy atom. The average Bonchev–Trinajstić information content (AvgIpc) is 2.68. The van der Waals surface area contributed by atoms with Crippen molar-refractivity contribution in [3.63, 3.8) is 0 Å². The molecule has 1 aromatic heterocycles. The maximum absolute atomic E-state index is 12.3. The fourth-order valence-electron chi connectivity index (χ4n) is 2.72. The molecule has 1 amide bonds. The lowest BCUT2D eigenvalue weighted by Crippen LogP contribution is -2.39. The van der Waals surface area contributed by atoms with Crippen LogP contribution in [0.2, 0.25) is 0 Å². The van der Waals surface area contributed by atoms with Gasteiger partial charge in [0, 0.05) is 37.8 Å². The zero-order valence-electron chi connectivity index (χ0n) is 16.8. The summed E-state index contributed by atoms with van der Waals surface area (Å²) in [6.45, 7) is 14.5. The lowest BCUT2D eigenvalue weighted by Gasteiger charge is -2.27. The highest BCUT2D eigenvalue weighted by atomic mass is 16.6. The van der Waals surface area contributed by atoms with Crippen LogP contribution in [-0.4, -0.2) is 58.3 Å². The average molecular weight is 364 g/mol. The van der Waals surface area contributed by atoms with Crippen molar-refractivity contribution in [2.45, 2.75) is 59.1 Å². The zero-order valence-corrected chi connectivity index (χ0v) is 16.8. The fourth-order valence-corrected chi connectivity index (χ4v) is 2.72. The van der Waals surface area contributed by atoms with Crippen LogP contribution >= 0.6 is 0 Å². The summed E-state index contributed by atoms with van der Waals surface area (Å²) < 4.78 is 5.48. The molecule has 1 aliphatic rings. The predicted molar refractivity (Wildman–Crippen MR) is 104 cm³/mol. The molecule has 26 heavy (non-hydrogen) atoms. The number of hydrogen-bond donors (Lipinski definition) is 2. The molecule has 2 heterocycles. The van der Waals surface area contributed by atoms with E-state index in [2.05, 4.69) is 41.0 Å². The Labute approximate surface area is 156 Å². The molecule has 1 aliphatic heterocycles. The van der Waals surface area contributed by atoms with E-state index in [-0.39, 0.29) is 17.6 Å². The van der Waals surface area contributed by atoms with E-state index in [4.69, 9.17) is 10.5 Å². The van der Waals surface area contributed by atoms with Gasteiger partial charge in [-0.2, -0.15) is 9.97 Å². The molecule has 1 saturated heterocycles. The molecule has 2 rings (SSSR count). The van der Waals surface area contributed by atoms with E-state index >= 15 is 0 Å². The Morgan fingerprint density at radius 3 is 2.42 bits per heavy atom. The first-order chi connectivity index (χ1) is 11.9. The van der Waals surface area contributed by atoms with E-state index in [9.17, 15) is 4.79 Å². The Bertz CT molecular complexity index is 636. The predicted octanol–water partition coefficient (Wildman–Crippen LogP) is 2.72. The molecule has 0 saturated carbocycles.